The number of aromatic nitrogens is 1. The quantitative estimate of drug-likeness (QED) is 0.546. The first-order valence-electron chi connectivity index (χ1n) is 7.60. The molecule has 0 aromatic carbocycles. The normalized spacial score (nSPS) is 11.9. The summed E-state index contributed by atoms with van der Waals surface area (Å²) in [6.07, 6.45) is 0.105. The third kappa shape index (κ3) is 7.40. The predicted molar refractivity (Wildman–Crippen MR) is 91.0 cm³/mol. The summed E-state index contributed by atoms with van der Waals surface area (Å²) in [4.78, 5) is 27.5. The van der Waals surface area contributed by atoms with Crippen LogP contribution in [0.15, 0.2) is 10.9 Å². The molecule has 0 spiro atoms. The highest BCUT2D eigenvalue weighted by Gasteiger charge is 2.23. The molecule has 0 unspecified atom stereocenters. The standard InChI is InChI=1S/C15H23FN2O7S/c1-15(2,3)25-14(20)18(6-7-24-26(5,21)22)9-10-8-11(19)12(23-4)13(16)17-10/h8H,6-7,9H2,1-5H3,(H,17,19). The summed E-state index contributed by atoms with van der Waals surface area (Å²) in [5.41, 5.74) is -1.42. The lowest BCUT2D eigenvalue weighted by Gasteiger charge is -2.27. The van der Waals surface area contributed by atoms with Crippen molar-refractivity contribution in [3.63, 3.8) is 0 Å². The van der Waals surface area contributed by atoms with Crippen molar-refractivity contribution in [1.29, 1.82) is 0 Å². The van der Waals surface area contributed by atoms with Crippen LogP contribution in [0.3, 0.4) is 0 Å². The molecule has 0 atom stereocenters. The summed E-state index contributed by atoms with van der Waals surface area (Å²) < 4.78 is 50.4. The third-order valence-corrected chi connectivity index (χ3v) is 3.47. The first-order chi connectivity index (χ1) is 11.8. The van der Waals surface area contributed by atoms with Crippen LogP contribution in [0.2, 0.25) is 0 Å². The van der Waals surface area contributed by atoms with Gasteiger partial charge in [0.25, 0.3) is 10.1 Å². The maximum Gasteiger partial charge on any atom is 0.410 e. The number of hydrogen-bond donors (Lipinski definition) is 1. The Morgan fingerprint density at radius 1 is 1.35 bits per heavy atom. The van der Waals surface area contributed by atoms with Crippen molar-refractivity contribution in [2.75, 3.05) is 26.5 Å². The van der Waals surface area contributed by atoms with Gasteiger partial charge < -0.3 is 19.4 Å². The van der Waals surface area contributed by atoms with Crippen LogP contribution in [0, 0.1) is 5.95 Å². The summed E-state index contributed by atoms with van der Waals surface area (Å²) in [5.74, 6) is -1.45. The van der Waals surface area contributed by atoms with Crippen LogP contribution >= 0.6 is 0 Å². The second-order valence-electron chi connectivity index (χ2n) is 6.43. The SMILES string of the molecule is COc1c(F)[nH]c(CN(CCOS(C)(=O)=O)C(=O)OC(C)(C)C)cc1=O. The number of rotatable bonds is 7. The molecule has 0 aliphatic carbocycles. The highest BCUT2D eigenvalue weighted by Crippen LogP contribution is 2.14. The zero-order valence-corrected chi connectivity index (χ0v) is 16.1. The maximum atomic E-state index is 13.8. The molecule has 1 amide bonds. The van der Waals surface area contributed by atoms with E-state index in [4.69, 9.17) is 4.74 Å². The van der Waals surface area contributed by atoms with Crippen LogP contribution in [0.1, 0.15) is 26.5 Å². The fourth-order valence-electron chi connectivity index (χ4n) is 1.91. The van der Waals surface area contributed by atoms with Crippen LogP contribution < -0.4 is 10.2 Å². The Morgan fingerprint density at radius 3 is 2.42 bits per heavy atom. The van der Waals surface area contributed by atoms with E-state index in [1.165, 1.54) is 0 Å². The van der Waals surface area contributed by atoms with Crippen molar-refractivity contribution >= 4 is 16.2 Å². The van der Waals surface area contributed by atoms with E-state index in [0.717, 1.165) is 24.3 Å². The van der Waals surface area contributed by atoms with Gasteiger partial charge in [0.15, 0.2) is 0 Å². The molecule has 0 aliphatic heterocycles. The number of methoxy groups -OCH3 is 1. The zero-order valence-electron chi connectivity index (χ0n) is 15.3. The average Bonchev–Trinajstić information content (AvgIpc) is 2.42. The number of aromatic amines is 1. The maximum absolute atomic E-state index is 13.8. The Hall–Kier alpha value is -2.14. The van der Waals surface area contributed by atoms with Gasteiger partial charge in [-0.25, -0.2) is 4.79 Å². The topological polar surface area (TPSA) is 115 Å². The minimum absolute atomic E-state index is 0.0820. The van der Waals surface area contributed by atoms with Gasteiger partial charge in [-0.15, -0.1) is 0 Å². The average molecular weight is 394 g/mol. The van der Waals surface area contributed by atoms with Crippen LogP contribution in [-0.4, -0.2) is 56.5 Å². The van der Waals surface area contributed by atoms with Gasteiger partial charge in [0.1, 0.15) is 5.60 Å². The van der Waals surface area contributed by atoms with Gasteiger partial charge in [0, 0.05) is 18.3 Å². The lowest BCUT2D eigenvalue weighted by atomic mass is 10.2. The summed E-state index contributed by atoms with van der Waals surface area (Å²) >= 11 is 0. The highest BCUT2D eigenvalue weighted by molar-refractivity contribution is 7.85. The lowest BCUT2D eigenvalue weighted by molar-refractivity contribution is 0.0207. The number of carbonyl (C=O) groups excluding carboxylic acids is 1. The van der Waals surface area contributed by atoms with E-state index in [0.29, 0.717) is 0 Å². The van der Waals surface area contributed by atoms with Gasteiger partial charge >= 0.3 is 6.09 Å². The van der Waals surface area contributed by atoms with Gasteiger partial charge in [-0.2, -0.15) is 12.8 Å². The molecule has 1 aromatic heterocycles. The summed E-state index contributed by atoms with van der Waals surface area (Å²) in [6, 6.07) is 1.08. The van der Waals surface area contributed by atoms with Crippen molar-refractivity contribution in [2.45, 2.75) is 32.9 Å². The molecule has 1 rings (SSSR count). The Balaban J connectivity index is 3.00. The fourth-order valence-corrected chi connectivity index (χ4v) is 2.28. The Morgan fingerprint density at radius 2 is 1.96 bits per heavy atom. The van der Waals surface area contributed by atoms with Gasteiger partial charge in [-0.05, 0) is 20.8 Å². The van der Waals surface area contributed by atoms with E-state index in [-0.39, 0.29) is 25.4 Å². The van der Waals surface area contributed by atoms with Crippen molar-refractivity contribution in [3.05, 3.63) is 27.9 Å². The van der Waals surface area contributed by atoms with Crippen molar-refractivity contribution < 1.29 is 31.3 Å². The van der Waals surface area contributed by atoms with Crippen LogP contribution in [0.25, 0.3) is 0 Å². The minimum atomic E-state index is -3.69. The molecule has 0 fully saturated rings. The molecule has 0 aliphatic rings. The van der Waals surface area contributed by atoms with Crippen molar-refractivity contribution in [3.8, 4) is 5.75 Å². The zero-order chi connectivity index (χ0) is 20.1. The monoisotopic (exact) mass is 394 g/mol. The molecule has 9 nitrogen and oxygen atoms in total. The molecule has 0 saturated carbocycles. The molecule has 11 heteroatoms. The number of carbonyl (C=O) groups is 1. The second kappa shape index (κ2) is 8.49. The molecular formula is C15H23FN2O7S. The first-order valence-corrected chi connectivity index (χ1v) is 9.42. The molecular weight excluding hydrogens is 371 g/mol. The summed E-state index contributed by atoms with van der Waals surface area (Å²) in [6.45, 7) is 4.28. The molecule has 1 N–H and O–H groups in total. The number of ether oxygens (including phenoxy) is 2. The van der Waals surface area contributed by atoms with Gasteiger partial charge in [-0.1, -0.05) is 0 Å². The van der Waals surface area contributed by atoms with Gasteiger partial charge in [-0.3, -0.25) is 8.98 Å². The van der Waals surface area contributed by atoms with Crippen LogP contribution in [-0.2, 0) is 25.6 Å². The number of nitrogens with zero attached hydrogens (tertiary/aromatic N) is 1. The Kier molecular flexibility index (Phi) is 7.16. The number of hydrogen-bond acceptors (Lipinski definition) is 7. The molecule has 0 bridgehead atoms. The van der Waals surface area contributed by atoms with E-state index in [2.05, 4.69) is 13.9 Å². The van der Waals surface area contributed by atoms with Crippen molar-refractivity contribution in [2.24, 2.45) is 0 Å². The van der Waals surface area contributed by atoms with E-state index in [1.807, 2.05) is 0 Å². The predicted octanol–water partition coefficient (Wildman–Crippen LogP) is 1.24. The van der Waals surface area contributed by atoms with Crippen molar-refractivity contribution in [1.82, 2.24) is 9.88 Å². The molecule has 148 valence electrons. The van der Waals surface area contributed by atoms with Gasteiger partial charge in [0.2, 0.25) is 17.1 Å². The number of amides is 1. The summed E-state index contributed by atoms with van der Waals surface area (Å²) in [7, 11) is -2.53. The van der Waals surface area contributed by atoms with E-state index in [1.54, 1.807) is 20.8 Å². The van der Waals surface area contributed by atoms with Crippen LogP contribution in [0.4, 0.5) is 9.18 Å². The van der Waals surface area contributed by atoms with Crippen LogP contribution in [0.5, 0.6) is 5.75 Å². The molecule has 0 radical (unpaired) electrons. The molecule has 26 heavy (non-hydrogen) atoms. The number of halogens is 1. The molecule has 1 aromatic rings. The second-order valence-corrected chi connectivity index (χ2v) is 8.08. The third-order valence-electron chi connectivity index (χ3n) is 2.87. The van der Waals surface area contributed by atoms with E-state index in [9.17, 15) is 22.4 Å². The number of pyridine rings is 1. The summed E-state index contributed by atoms with van der Waals surface area (Å²) in [5, 5.41) is 0. The van der Waals surface area contributed by atoms with E-state index < -0.39 is 38.9 Å². The first kappa shape index (κ1) is 21.9. The fraction of sp³-hybridized carbons (Fsp3) is 0.600. The molecule has 1 heterocycles. The van der Waals surface area contributed by atoms with E-state index >= 15 is 0 Å². The molecule has 0 saturated heterocycles. The Labute approximate surface area is 151 Å². The lowest BCUT2D eigenvalue weighted by Crippen LogP contribution is -2.39. The minimum Gasteiger partial charge on any atom is -0.489 e. The number of H-pyrrole nitrogens is 1. The highest BCUT2D eigenvalue weighted by atomic mass is 32.2. The van der Waals surface area contributed by atoms with Gasteiger partial charge in [0.05, 0.1) is 26.5 Å². The Bertz CT molecular complexity index is 799. The number of nitrogens with one attached hydrogen (secondary N) is 1. The largest absolute Gasteiger partial charge is 0.489 e. The smallest absolute Gasteiger partial charge is 0.410 e.